The van der Waals surface area contributed by atoms with E-state index in [2.05, 4.69) is 0 Å². The van der Waals surface area contributed by atoms with Crippen molar-refractivity contribution in [3.8, 4) is 0 Å². The first kappa shape index (κ1) is 12.1. The van der Waals surface area contributed by atoms with E-state index in [4.69, 9.17) is 4.74 Å². The van der Waals surface area contributed by atoms with Crippen LogP contribution >= 0.6 is 0 Å². The third-order valence-corrected chi connectivity index (χ3v) is 3.27. The second-order valence-corrected chi connectivity index (χ2v) is 4.65. The molecular weight excluding hydrogens is 216 g/mol. The van der Waals surface area contributed by atoms with Crippen molar-refractivity contribution in [2.24, 2.45) is 0 Å². The average Bonchev–Trinajstić information content (AvgIpc) is 2.38. The van der Waals surface area contributed by atoms with E-state index in [-0.39, 0.29) is 6.61 Å². The fraction of sp³-hybridized carbons (Fsp3) is 0.500. The molecule has 0 aliphatic heterocycles. The summed E-state index contributed by atoms with van der Waals surface area (Å²) in [5, 5.41) is 10.1. The Morgan fingerprint density at radius 2 is 1.82 bits per heavy atom. The van der Waals surface area contributed by atoms with Crippen LogP contribution in [-0.2, 0) is 16.1 Å². The van der Waals surface area contributed by atoms with E-state index in [9.17, 15) is 9.90 Å². The molecule has 1 saturated carbocycles. The minimum Gasteiger partial charge on any atom is -0.459 e. The van der Waals surface area contributed by atoms with Crippen LogP contribution in [0.2, 0.25) is 0 Å². The van der Waals surface area contributed by atoms with E-state index in [0.717, 1.165) is 24.8 Å². The monoisotopic (exact) mass is 234 g/mol. The highest BCUT2D eigenvalue weighted by Crippen LogP contribution is 2.29. The molecule has 3 heteroatoms. The molecule has 0 radical (unpaired) electrons. The summed E-state index contributed by atoms with van der Waals surface area (Å²) in [6.45, 7) is 0.238. The molecule has 0 aromatic heterocycles. The van der Waals surface area contributed by atoms with Crippen LogP contribution in [0.25, 0.3) is 0 Å². The number of aliphatic hydroxyl groups is 1. The number of carbonyl (C=O) groups is 1. The van der Waals surface area contributed by atoms with Gasteiger partial charge in [-0.05, 0) is 31.2 Å². The summed E-state index contributed by atoms with van der Waals surface area (Å²) in [4.78, 5) is 11.8. The van der Waals surface area contributed by atoms with Crippen molar-refractivity contribution >= 4 is 5.97 Å². The Morgan fingerprint density at radius 3 is 2.47 bits per heavy atom. The Kier molecular flexibility index (Phi) is 3.79. The molecule has 1 aliphatic rings. The van der Waals surface area contributed by atoms with Gasteiger partial charge in [-0.15, -0.1) is 0 Å². The molecule has 1 aliphatic carbocycles. The molecule has 0 bridgehead atoms. The molecule has 1 aromatic rings. The predicted octanol–water partition coefficient (Wildman–Crippen LogP) is 2.43. The van der Waals surface area contributed by atoms with Gasteiger partial charge in [0.1, 0.15) is 6.61 Å². The van der Waals surface area contributed by atoms with Gasteiger partial charge in [0.25, 0.3) is 0 Å². The van der Waals surface area contributed by atoms with Crippen molar-refractivity contribution in [1.82, 2.24) is 0 Å². The van der Waals surface area contributed by atoms with Crippen LogP contribution in [0.3, 0.4) is 0 Å². The Hall–Kier alpha value is -1.35. The van der Waals surface area contributed by atoms with Gasteiger partial charge < -0.3 is 9.84 Å². The van der Waals surface area contributed by atoms with Gasteiger partial charge in [0.05, 0.1) is 0 Å². The van der Waals surface area contributed by atoms with Crippen molar-refractivity contribution in [2.45, 2.75) is 44.3 Å². The first-order valence-electron chi connectivity index (χ1n) is 6.14. The molecule has 1 N–H and O–H groups in total. The van der Waals surface area contributed by atoms with Gasteiger partial charge >= 0.3 is 5.97 Å². The topological polar surface area (TPSA) is 46.5 Å². The fourth-order valence-corrected chi connectivity index (χ4v) is 2.20. The highest BCUT2D eigenvalue weighted by atomic mass is 16.5. The smallest absolute Gasteiger partial charge is 0.338 e. The van der Waals surface area contributed by atoms with Crippen molar-refractivity contribution in [1.29, 1.82) is 0 Å². The molecule has 3 nitrogen and oxygen atoms in total. The quantitative estimate of drug-likeness (QED) is 0.817. The first-order valence-corrected chi connectivity index (χ1v) is 6.14. The Balaban J connectivity index is 1.88. The fourth-order valence-electron chi connectivity index (χ4n) is 2.20. The molecule has 0 amide bonds. The Morgan fingerprint density at radius 1 is 1.18 bits per heavy atom. The first-order chi connectivity index (χ1) is 8.21. The number of benzene rings is 1. The van der Waals surface area contributed by atoms with Gasteiger partial charge in [-0.1, -0.05) is 36.8 Å². The molecule has 1 fully saturated rings. The van der Waals surface area contributed by atoms with Gasteiger partial charge in [0, 0.05) is 0 Å². The molecule has 17 heavy (non-hydrogen) atoms. The lowest BCUT2D eigenvalue weighted by Crippen LogP contribution is -2.41. The lowest BCUT2D eigenvalue weighted by molar-refractivity contribution is -0.170. The number of ether oxygens (including phenoxy) is 1. The predicted molar refractivity (Wildman–Crippen MR) is 64.3 cm³/mol. The minimum absolute atomic E-state index is 0.238. The van der Waals surface area contributed by atoms with Gasteiger partial charge in [-0.3, -0.25) is 0 Å². The van der Waals surface area contributed by atoms with Crippen molar-refractivity contribution < 1.29 is 14.6 Å². The van der Waals surface area contributed by atoms with Crippen molar-refractivity contribution in [3.63, 3.8) is 0 Å². The molecule has 1 aromatic carbocycles. The van der Waals surface area contributed by atoms with E-state index in [1.807, 2.05) is 30.3 Å². The van der Waals surface area contributed by atoms with E-state index >= 15 is 0 Å². The number of rotatable bonds is 3. The van der Waals surface area contributed by atoms with Crippen LogP contribution in [0.5, 0.6) is 0 Å². The summed E-state index contributed by atoms with van der Waals surface area (Å²) in [6, 6.07) is 9.52. The maximum atomic E-state index is 11.8. The highest BCUT2D eigenvalue weighted by molar-refractivity contribution is 5.79. The van der Waals surface area contributed by atoms with Crippen molar-refractivity contribution in [2.75, 3.05) is 0 Å². The second-order valence-electron chi connectivity index (χ2n) is 4.65. The maximum Gasteiger partial charge on any atom is 0.338 e. The molecule has 0 unspecified atom stereocenters. The number of hydrogen-bond donors (Lipinski definition) is 1. The zero-order chi connectivity index (χ0) is 12.1. The maximum absolute atomic E-state index is 11.8. The molecule has 0 heterocycles. The summed E-state index contributed by atoms with van der Waals surface area (Å²) >= 11 is 0. The second kappa shape index (κ2) is 5.32. The Bertz CT molecular complexity index is 366. The summed E-state index contributed by atoms with van der Waals surface area (Å²) in [6.07, 6.45) is 3.95. The molecule has 0 atom stereocenters. The minimum atomic E-state index is -1.24. The zero-order valence-electron chi connectivity index (χ0n) is 9.89. The summed E-state index contributed by atoms with van der Waals surface area (Å²) in [5.41, 5.74) is -0.298. The molecule has 0 saturated heterocycles. The number of esters is 1. The van der Waals surface area contributed by atoms with E-state index in [0.29, 0.717) is 12.8 Å². The van der Waals surface area contributed by atoms with Crippen molar-refractivity contribution in [3.05, 3.63) is 35.9 Å². The van der Waals surface area contributed by atoms with E-state index in [1.54, 1.807) is 0 Å². The van der Waals surface area contributed by atoms with E-state index < -0.39 is 11.6 Å². The van der Waals surface area contributed by atoms with Crippen LogP contribution in [0.15, 0.2) is 30.3 Å². The van der Waals surface area contributed by atoms with Crippen LogP contribution < -0.4 is 0 Å². The largest absolute Gasteiger partial charge is 0.459 e. The van der Waals surface area contributed by atoms with Gasteiger partial charge in [0.2, 0.25) is 0 Å². The normalized spacial score (nSPS) is 18.6. The lowest BCUT2D eigenvalue weighted by Gasteiger charge is -2.29. The van der Waals surface area contributed by atoms with E-state index in [1.165, 1.54) is 0 Å². The Labute approximate surface area is 101 Å². The van der Waals surface area contributed by atoms with Crippen LogP contribution in [0.1, 0.15) is 37.7 Å². The third kappa shape index (κ3) is 3.07. The number of carbonyl (C=O) groups excluding carboxylic acids is 1. The molecule has 2 rings (SSSR count). The summed E-state index contributed by atoms with van der Waals surface area (Å²) in [7, 11) is 0. The summed E-state index contributed by atoms with van der Waals surface area (Å²) < 4.78 is 5.18. The molecule has 92 valence electrons. The van der Waals surface area contributed by atoms with Gasteiger partial charge in [-0.25, -0.2) is 4.79 Å². The average molecular weight is 234 g/mol. The molecule has 0 spiro atoms. The standard InChI is InChI=1S/C14H18O3/c15-13(14(16)9-5-2-6-10-14)17-11-12-7-3-1-4-8-12/h1,3-4,7-8,16H,2,5-6,9-11H2. The SMILES string of the molecule is O=C(OCc1ccccc1)C1(O)CCCCC1. The van der Waals surface area contributed by atoms with Crippen LogP contribution in [0, 0.1) is 0 Å². The zero-order valence-corrected chi connectivity index (χ0v) is 9.89. The third-order valence-electron chi connectivity index (χ3n) is 3.27. The van der Waals surface area contributed by atoms with Gasteiger partial charge in [-0.2, -0.15) is 0 Å². The highest BCUT2D eigenvalue weighted by Gasteiger charge is 2.38. The number of hydrogen-bond acceptors (Lipinski definition) is 3. The van der Waals surface area contributed by atoms with Gasteiger partial charge in [0.15, 0.2) is 5.60 Å². The lowest BCUT2D eigenvalue weighted by atomic mass is 9.85. The molecular formula is C14H18O3. The van der Waals surface area contributed by atoms with Crippen LogP contribution in [0.4, 0.5) is 0 Å². The van der Waals surface area contributed by atoms with Crippen LogP contribution in [-0.4, -0.2) is 16.7 Å². The summed E-state index contributed by atoms with van der Waals surface area (Å²) in [5.74, 6) is -0.471.